The van der Waals surface area contributed by atoms with Crippen molar-refractivity contribution in [3.8, 4) is 22.8 Å². The van der Waals surface area contributed by atoms with Crippen molar-refractivity contribution in [2.75, 3.05) is 25.1 Å². The van der Waals surface area contributed by atoms with Crippen LogP contribution in [-0.2, 0) is 19.7 Å². The Morgan fingerprint density at radius 3 is 1.67 bits per heavy atom. The van der Waals surface area contributed by atoms with E-state index in [1.807, 2.05) is 36.0 Å². The number of alkyl carbamates (subject to hydrolysis) is 1. The number of carbonyl (C=O) groups is 3. The summed E-state index contributed by atoms with van der Waals surface area (Å²) in [6, 6.07) is 26.3. The van der Waals surface area contributed by atoms with E-state index in [-0.39, 0.29) is 47.3 Å². The van der Waals surface area contributed by atoms with E-state index in [1.54, 1.807) is 0 Å². The molecule has 0 aliphatic carbocycles. The second kappa shape index (κ2) is 18.7. The number of aromatic nitrogens is 4. The smallest absolute Gasteiger partial charge is 0.407 e. The molecule has 0 spiro atoms. The van der Waals surface area contributed by atoms with Crippen LogP contribution < -0.4 is 10.2 Å². The lowest BCUT2D eigenvalue weighted by Crippen LogP contribution is -2.51. The molecule has 5 aromatic rings. The number of nitrogens with one attached hydrogen (secondary N) is 3. The Labute approximate surface area is 378 Å². The van der Waals surface area contributed by atoms with Gasteiger partial charge < -0.3 is 34.7 Å². The van der Waals surface area contributed by atoms with E-state index < -0.39 is 12.1 Å². The average molecular weight is 867 g/mol. The number of nitrogens with zero attached hydrogens (tertiary/aromatic N) is 5. The number of imidazole rings is 2. The van der Waals surface area contributed by atoms with Gasteiger partial charge in [-0.2, -0.15) is 0 Å². The van der Waals surface area contributed by atoms with E-state index in [0.29, 0.717) is 18.9 Å². The summed E-state index contributed by atoms with van der Waals surface area (Å²) < 4.78 is 4.81. The molecule has 0 saturated carbocycles. The maximum absolute atomic E-state index is 13.7. The number of ether oxygens (including phenoxy) is 1. The monoisotopic (exact) mass is 867 g/mol. The Morgan fingerprint density at radius 1 is 0.703 bits per heavy atom. The zero-order chi connectivity index (χ0) is 45.3. The van der Waals surface area contributed by atoms with Crippen LogP contribution in [0.15, 0.2) is 85.2 Å². The average Bonchev–Trinajstić information content (AvgIpc) is 4.14. The van der Waals surface area contributed by atoms with E-state index in [1.165, 1.54) is 29.5 Å². The van der Waals surface area contributed by atoms with Gasteiger partial charge >= 0.3 is 6.09 Å². The van der Waals surface area contributed by atoms with Crippen LogP contribution in [0.5, 0.6) is 0 Å². The summed E-state index contributed by atoms with van der Waals surface area (Å²) in [7, 11) is 1.31. The number of aromatic amines is 2. The molecule has 3 N–H and O–H groups in total. The molecule has 8 rings (SSSR count). The van der Waals surface area contributed by atoms with Gasteiger partial charge in [0.05, 0.1) is 55.1 Å². The van der Waals surface area contributed by atoms with Crippen molar-refractivity contribution in [1.82, 2.24) is 35.1 Å². The molecule has 3 aromatic carbocycles. The van der Waals surface area contributed by atoms with Crippen LogP contribution in [0.1, 0.15) is 146 Å². The highest BCUT2D eigenvalue weighted by atomic mass is 16.5. The molecule has 5 atom stereocenters. The lowest BCUT2D eigenvalue weighted by atomic mass is 9.87. The number of methoxy groups -OCH3 is 1. The molecule has 5 heterocycles. The molecule has 3 saturated heterocycles. The predicted octanol–water partition coefficient (Wildman–Crippen LogP) is 10.6. The SMILES string of the molecule is COC(=O)N[C@H](C(=O)N1CCC[C@H]1c1cnc(-c2ccc([C@@H]3CC[C@@H](c4ccc(-c5ncc([C@@H]6CCCN6C(=O)CC(C)C)[nH]5)cc4)N3c3ccc(C(C)(C)C)cc3)cc2)[nH]1)C(C)C. The van der Waals surface area contributed by atoms with E-state index in [9.17, 15) is 14.4 Å². The first kappa shape index (κ1) is 44.7. The van der Waals surface area contributed by atoms with Crippen molar-refractivity contribution in [1.29, 1.82) is 0 Å². The zero-order valence-electron chi connectivity index (χ0n) is 38.9. The number of anilines is 1. The van der Waals surface area contributed by atoms with E-state index >= 15 is 0 Å². The van der Waals surface area contributed by atoms with Gasteiger partial charge in [-0.25, -0.2) is 14.8 Å². The van der Waals surface area contributed by atoms with Crippen LogP contribution in [-0.4, -0.2) is 73.9 Å². The number of rotatable bonds is 12. The fourth-order valence-electron chi connectivity index (χ4n) is 10.1. The van der Waals surface area contributed by atoms with Crippen molar-refractivity contribution < 1.29 is 19.1 Å². The first-order valence-corrected chi connectivity index (χ1v) is 23.3. The van der Waals surface area contributed by atoms with E-state index in [2.05, 4.69) is 128 Å². The van der Waals surface area contributed by atoms with E-state index in [0.717, 1.165) is 79.2 Å². The molecule has 12 heteroatoms. The molecule has 0 radical (unpaired) electrons. The molecule has 0 bridgehead atoms. The van der Waals surface area contributed by atoms with Crippen molar-refractivity contribution in [3.05, 3.63) is 113 Å². The number of benzene rings is 3. The summed E-state index contributed by atoms with van der Waals surface area (Å²) in [5, 5.41) is 2.74. The first-order chi connectivity index (χ1) is 30.7. The number of likely N-dealkylation sites (tertiary alicyclic amines) is 2. The van der Waals surface area contributed by atoms with Crippen LogP contribution in [0.3, 0.4) is 0 Å². The maximum Gasteiger partial charge on any atom is 0.407 e. The third-order valence-electron chi connectivity index (χ3n) is 13.5. The van der Waals surface area contributed by atoms with Gasteiger partial charge in [-0.1, -0.05) is 109 Å². The molecule has 64 heavy (non-hydrogen) atoms. The molecule has 12 nitrogen and oxygen atoms in total. The number of amides is 3. The molecular formula is C52H66N8O4. The minimum absolute atomic E-state index is 0.0491. The molecule has 3 aliphatic rings. The number of H-pyrrole nitrogens is 2. The van der Waals surface area contributed by atoms with Crippen LogP contribution in [0.2, 0.25) is 0 Å². The van der Waals surface area contributed by atoms with Crippen LogP contribution >= 0.6 is 0 Å². The highest BCUT2D eigenvalue weighted by Gasteiger charge is 2.38. The Kier molecular flexibility index (Phi) is 13.0. The lowest BCUT2D eigenvalue weighted by molar-refractivity contribution is -0.135. The van der Waals surface area contributed by atoms with Crippen molar-refractivity contribution >= 4 is 23.6 Å². The topological polar surface area (TPSA) is 140 Å². The summed E-state index contributed by atoms with van der Waals surface area (Å²) in [4.78, 5) is 62.1. The lowest BCUT2D eigenvalue weighted by Gasteiger charge is -2.34. The largest absolute Gasteiger partial charge is 0.453 e. The second-order valence-corrected chi connectivity index (χ2v) is 19.8. The molecule has 2 aromatic heterocycles. The quantitative estimate of drug-likeness (QED) is 0.113. The highest BCUT2D eigenvalue weighted by molar-refractivity contribution is 5.86. The Balaban J connectivity index is 1.01. The molecule has 3 amide bonds. The molecular weight excluding hydrogens is 801 g/mol. The zero-order valence-corrected chi connectivity index (χ0v) is 38.9. The summed E-state index contributed by atoms with van der Waals surface area (Å²) in [6.45, 7) is 16.2. The summed E-state index contributed by atoms with van der Waals surface area (Å²) in [5.74, 6) is 1.94. The summed E-state index contributed by atoms with van der Waals surface area (Å²) in [5.41, 5.74) is 8.97. The fraction of sp³-hybridized carbons (Fsp3) is 0.481. The molecule has 3 aliphatic heterocycles. The highest BCUT2D eigenvalue weighted by Crippen LogP contribution is 2.48. The Bertz CT molecular complexity index is 2390. The van der Waals surface area contributed by atoms with Crippen molar-refractivity contribution in [3.63, 3.8) is 0 Å². The van der Waals surface area contributed by atoms with Crippen molar-refractivity contribution in [2.45, 2.75) is 129 Å². The molecule has 0 unspecified atom stereocenters. The number of hydrogen-bond acceptors (Lipinski definition) is 7. The van der Waals surface area contributed by atoms with Gasteiger partial charge in [0.1, 0.15) is 17.7 Å². The third-order valence-corrected chi connectivity index (χ3v) is 13.5. The van der Waals surface area contributed by atoms with Crippen LogP contribution in [0, 0.1) is 11.8 Å². The predicted molar refractivity (Wildman–Crippen MR) is 251 cm³/mol. The Morgan fingerprint density at radius 2 is 1.20 bits per heavy atom. The fourth-order valence-corrected chi connectivity index (χ4v) is 10.1. The number of carbonyl (C=O) groups excluding carboxylic acids is 3. The van der Waals surface area contributed by atoms with Gasteiger partial charge in [0.2, 0.25) is 11.8 Å². The van der Waals surface area contributed by atoms with Gasteiger partial charge in [0.15, 0.2) is 0 Å². The standard InChI is InChI=1S/C52H66N8O4/c1-32(2)29-46(61)58-27-9-11-44(58)40-30-53-48(55-40)36-17-13-34(14-18-36)42-25-26-43(60(42)39-23-21-38(22-24-39)52(5,6)7)35-15-19-37(20-16-35)49-54-31-41(56-49)45-12-10-28-59(45)50(62)47(33(3)4)57-51(63)64-8/h13-24,30-33,42-45,47H,9-12,25-29H2,1-8H3,(H,53,55)(H,54,56)(H,57,63)/t42-,43-,44-,45-,47-/m0/s1. The minimum Gasteiger partial charge on any atom is -0.453 e. The van der Waals surface area contributed by atoms with Gasteiger partial charge in [-0.05, 0) is 84.6 Å². The van der Waals surface area contributed by atoms with Gasteiger partial charge in [0, 0.05) is 36.3 Å². The van der Waals surface area contributed by atoms with E-state index in [4.69, 9.17) is 14.7 Å². The van der Waals surface area contributed by atoms with Gasteiger partial charge in [-0.15, -0.1) is 0 Å². The second-order valence-electron chi connectivity index (χ2n) is 19.8. The third kappa shape index (κ3) is 9.33. The van der Waals surface area contributed by atoms with Gasteiger partial charge in [0.25, 0.3) is 0 Å². The first-order valence-electron chi connectivity index (χ1n) is 23.3. The molecule has 3 fully saturated rings. The maximum atomic E-state index is 13.7. The van der Waals surface area contributed by atoms with Crippen LogP contribution in [0.4, 0.5) is 10.5 Å². The van der Waals surface area contributed by atoms with Crippen molar-refractivity contribution in [2.24, 2.45) is 11.8 Å². The summed E-state index contributed by atoms with van der Waals surface area (Å²) in [6.07, 6.45) is 9.38. The van der Waals surface area contributed by atoms with Gasteiger partial charge in [-0.3, -0.25) is 9.59 Å². The number of hydrogen-bond donors (Lipinski definition) is 3. The minimum atomic E-state index is -0.675. The summed E-state index contributed by atoms with van der Waals surface area (Å²) >= 11 is 0. The normalized spacial score (nSPS) is 20.7. The van der Waals surface area contributed by atoms with Crippen LogP contribution in [0.25, 0.3) is 22.8 Å². The molecule has 338 valence electrons. The Hall–Kier alpha value is -5.91.